The van der Waals surface area contributed by atoms with Gasteiger partial charge in [0.15, 0.2) is 34.4 Å². The largest absolute Gasteiger partial charge is 0.433 e. The Morgan fingerprint density at radius 3 is 2.00 bits per heavy atom. The number of alkyl halides is 3. The number of nitrogens with one attached hydrogen (secondary N) is 5. The Bertz CT molecular complexity index is 3440. The summed E-state index contributed by atoms with van der Waals surface area (Å²) in [6.45, 7) is 4.08. The number of pyridine rings is 1. The van der Waals surface area contributed by atoms with Crippen molar-refractivity contribution in [2.24, 2.45) is 14.1 Å². The monoisotopic (exact) mass is 965 g/mol. The van der Waals surface area contributed by atoms with Gasteiger partial charge in [-0.05, 0) is 73.5 Å². The van der Waals surface area contributed by atoms with Gasteiger partial charge in [0.1, 0.15) is 34.9 Å². The molecule has 0 fully saturated rings. The summed E-state index contributed by atoms with van der Waals surface area (Å²) in [4.78, 5) is 86.8. The molecular weight excluding hydrogens is 928 g/mol. The van der Waals surface area contributed by atoms with Gasteiger partial charge in [-0.15, -0.1) is 22.7 Å². The third-order valence-electron chi connectivity index (χ3n) is 10.3. The zero-order valence-electron chi connectivity index (χ0n) is 36.3. The predicted molar refractivity (Wildman–Crippen MR) is 247 cm³/mol. The van der Waals surface area contributed by atoms with Gasteiger partial charge in [-0.25, -0.2) is 24.7 Å². The predicted octanol–water partition coefficient (Wildman–Crippen LogP) is 6.79. The number of carbonyl (C=O) groups is 4. The van der Waals surface area contributed by atoms with E-state index in [0.29, 0.717) is 61.8 Å². The number of thiophene rings is 2. The third kappa shape index (κ3) is 10.1. The molecule has 19 nitrogen and oxygen atoms in total. The number of H-pyrrole nitrogens is 1. The molecule has 0 aliphatic carbocycles. The highest BCUT2D eigenvalue weighted by atomic mass is 32.1. The Labute approximate surface area is 389 Å². The van der Waals surface area contributed by atoms with Crippen molar-refractivity contribution in [3.8, 4) is 0 Å². The number of ketones is 2. The number of hydrogen-bond donors (Lipinski definition) is 5. The van der Waals surface area contributed by atoms with Crippen molar-refractivity contribution >= 4 is 90.7 Å². The lowest BCUT2D eigenvalue weighted by Crippen LogP contribution is -2.25. The molecular formula is C44H38F3N13O6S2. The number of benzene rings is 1. The van der Waals surface area contributed by atoms with Crippen LogP contribution in [0.4, 0.5) is 24.7 Å². The van der Waals surface area contributed by atoms with E-state index in [9.17, 15) is 37.1 Å². The number of anilines is 2. The van der Waals surface area contributed by atoms with E-state index in [2.05, 4.69) is 56.3 Å². The maximum Gasteiger partial charge on any atom is 0.433 e. The molecule has 9 rings (SSSR count). The molecule has 0 spiro atoms. The zero-order chi connectivity index (χ0) is 48.3. The lowest BCUT2D eigenvalue weighted by Gasteiger charge is -2.09. The molecule has 0 unspecified atom stereocenters. The number of halogens is 3. The number of Topliss-reactive ketones (excluding diaryl/α,β-unsaturated/α-hetero) is 2. The summed E-state index contributed by atoms with van der Waals surface area (Å²) in [5.41, 5.74) is 4.06. The second kappa shape index (κ2) is 19.4. The van der Waals surface area contributed by atoms with Crippen LogP contribution in [0.25, 0.3) is 33.2 Å². The van der Waals surface area contributed by atoms with E-state index in [1.165, 1.54) is 57.6 Å². The van der Waals surface area contributed by atoms with Crippen molar-refractivity contribution in [1.82, 2.24) is 54.9 Å². The minimum Gasteiger partial charge on any atom is -0.408 e. The van der Waals surface area contributed by atoms with Crippen molar-refractivity contribution in [2.45, 2.75) is 46.2 Å². The van der Waals surface area contributed by atoms with E-state index in [4.69, 9.17) is 4.42 Å². The lowest BCUT2D eigenvalue weighted by molar-refractivity contribution is -0.141. The molecule has 2 amide bonds. The molecule has 0 atom stereocenters. The number of aryl methyl sites for hydroxylation is 2. The number of hydrogen-bond acceptors (Lipinski definition) is 16. The summed E-state index contributed by atoms with van der Waals surface area (Å²) >= 11 is 2.81. The van der Waals surface area contributed by atoms with Crippen molar-refractivity contribution in [1.29, 1.82) is 0 Å². The minimum absolute atomic E-state index is 0.00988. The molecule has 0 saturated heterocycles. The molecule has 1 aromatic carbocycles. The average molecular weight is 966 g/mol. The van der Waals surface area contributed by atoms with Crippen LogP contribution in [-0.2, 0) is 46.5 Å². The molecule has 9 aromatic rings. The fourth-order valence-corrected chi connectivity index (χ4v) is 8.55. The van der Waals surface area contributed by atoms with Crippen molar-refractivity contribution < 1.29 is 36.8 Å². The second-order valence-electron chi connectivity index (χ2n) is 15.0. The van der Waals surface area contributed by atoms with E-state index in [1.54, 1.807) is 51.5 Å². The van der Waals surface area contributed by atoms with Crippen LogP contribution in [0.2, 0.25) is 0 Å². The Hall–Kier alpha value is -8.12. The van der Waals surface area contributed by atoms with Crippen molar-refractivity contribution in [2.75, 3.05) is 10.6 Å². The fraction of sp³-hybridized carbons (Fsp3) is 0.205. The first-order valence-corrected chi connectivity index (χ1v) is 22.0. The van der Waals surface area contributed by atoms with Crippen LogP contribution < -0.4 is 27.0 Å². The Kier molecular flexibility index (Phi) is 13.2. The van der Waals surface area contributed by atoms with Crippen LogP contribution in [-0.4, -0.2) is 67.6 Å². The van der Waals surface area contributed by atoms with E-state index >= 15 is 0 Å². The SMILES string of the molecule is CC(=O)c1ccc(CNc2c[nH]c3c(C(=O)NCc4ccc5oc(=O)n(C)c5c4)ncnc23)s1.CC(=O)c1ccc(CNc2nn(C)c3c(C(=O)NCc4ccnc(C(F)(F)F)c4)ncnc23)s1. The summed E-state index contributed by atoms with van der Waals surface area (Å²) in [6, 6.07) is 14.9. The zero-order valence-corrected chi connectivity index (χ0v) is 37.9. The molecule has 68 heavy (non-hydrogen) atoms. The Morgan fingerprint density at radius 2 is 1.35 bits per heavy atom. The lowest BCUT2D eigenvalue weighted by atomic mass is 10.2. The number of fused-ring (bicyclic) bond motifs is 3. The molecule has 0 saturated carbocycles. The molecule has 8 heterocycles. The van der Waals surface area contributed by atoms with Crippen molar-refractivity contribution in [3.05, 3.63) is 138 Å². The molecule has 348 valence electrons. The molecule has 5 N–H and O–H groups in total. The van der Waals surface area contributed by atoms with Gasteiger partial charge in [-0.1, -0.05) is 6.07 Å². The molecule has 24 heteroatoms. The van der Waals surface area contributed by atoms with Gasteiger partial charge in [0, 0.05) is 55.9 Å². The van der Waals surface area contributed by atoms with Gasteiger partial charge >= 0.3 is 11.9 Å². The minimum atomic E-state index is -4.58. The maximum absolute atomic E-state index is 12.9. The molecule has 0 radical (unpaired) electrons. The first-order valence-electron chi connectivity index (χ1n) is 20.4. The van der Waals surface area contributed by atoms with E-state index in [-0.39, 0.29) is 47.5 Å². The van der Waals surface area contributed by atoms with Gasteiger partial charge in [0.2, 0.25) is 0 Å². The molecule has 0 aliphatic heterocycles. The van der Waals surface area contributed by atoms with Crippen LogP contribution in [0, 0.1) is 0 Å². The highest BCUT2D eigenvalue weighted by Crippen LogP contribution is 2.29. The molecule has 0 aliphatic rings. The number of amides is 2. The first kappa shape index (κ1) is 46.4. The van der Waals surface area contributed by atoms with E-state index < -0.39 is 23.5 Å². The second-order valence-corrected chi connectivity index (χ2v) is 17.4. The fourth-order valence-electron chi connectivity index (χ4n) is 6.87. The Morgan fingerprint density at radius 1 is 0.735 bits per heavy atom. The normalized spacial score (nSPS) is 11.4. The topological polar surface area (TPSA) is 250 Å². The number of rotatable bonds is 14. The quantitative estimate of drug-likeness (QED) is 0.0704. The number of oxazole rings is 1. The third-order valence-corrected chi connectivity index (χ3v) is 12.7. The van der Waals surface area contributed by atoms with Crippen LogP contribution in [0.15, 0.2) is 88.9 Å². The van der Waals surface area contributed by atoms with E-state index in [1.807, 2.05) is 18.2 Å². The Balaban J connectivity index is 0.000000184. The summed E-state index contributed by atoms with van der Waals surface area (Å²) < 4.78 is 46.6. The van der Waals surface area contributed by atoms with Gasteiger partial charge < -0.3 is 30.7 Å². The van der Waals surface area contributed by atoms with Gasteiger partial charge in [-0.2, -0.15) is 18.3 Å². The highest BCUT2D eigenvalue weighted by Gasteiger charge is 2.32. The summed E-state index contributed by atoms with van der Waals surface area (Å²) in [5.74, 6) is -0.919. The van der Waals surface area contributed by atoms with Crippen LogP contribution in [0.5, 0.6) is 0 Å². The van der Waals surface area contributed by atoms with Crippen LogP contribution in [0.3, 0.4) is 0 Å². The van der Waals surface area contributed by atoms with Gasteiger partial charge in [0.05, 0.1) is 33.0 Å². The van der Waals surface area contributed by atoms with Gasteiger partial charge in [0.25, 0.3) is 11.8 Å². The summed E-state index contributed by atoms with van der Waals surface area (Å²) in [6.07, 6.45) is 0.774. The average Bonchev–Trinajstić information content (AvgIpc) is 4.18. The van der Waals surface area contributed by atoms with Crippen LogP contribution in [0.1, 0.15) is 80.7 Å². The highest BCUT2D eigenvalue weighted by molar-refractivity contribution is 7.14. The van der Waals surface area contributed by atoms with Gasteiger partial charge in [-0.3, -0.25) is 33.4 Å². The van der Waals surface area contributed by atoms with Crippen molar-refractivity contribution in [3.63, 3.8) is 0 Å². The first-order chi connectivity index (χ1) is 32.5. The standard InChI is InChI=1S/C23H20N6O4S.C21H18F3N7O2S/c1-12(30)18-6-4-14(34-18)9-24-15-10-25-20-19(15)27-11-28-21(20)22(31)26-8-13-3-5-17-16(7-13)29(2)23(32)33-17;1-11(32)14-4-3-13(34-14)9-26-19-16-18(31(2)30-19)17(29-10-28-16)20(33)27-8-12-5-6-25-15(7-12)21(22,23)24/h3-7,10-11,24-25H,8-9H2,1-2H3,(H,26,31);3-7,10H,8-9H2,1-2H3,(H,26,30)(H,27,33). The number of aromatic amines is 1. The smallest absolute Gasteiger partial charge is 0.408 e. The summed E-state index contributed by atoms with van der Waals surface area (Å²) in [7, 11) is 3.26. The summed E-state index contributed by atoms with van der Waals surface area (Å²) in [5, 5.41) is 16.3. The number of nitrogens with zero attached hydrogens (tertiary/aromatic N) is 8. The maximum atomic E-state index is 12.9. The molecule has 8 aromatic heterocycles. The molecule has 0 bridgehead atoms. The number of carbonyl (C=O) groups excluding carboxylic acids is 4. The van der Waals surface area contributed by atoms with Crippen LogP contribution >= 0.6 is 22.7 Å². The van der Waals surface area contributed by atoms with E-state index in [0.717, 1.165) is 33.3 Å². The number of aromatic nitrogens is 9.